The summed E-state index contributed by atoms with van der Waals surface area (Å²) >= 11 is 0. The lowest BCUT2D eigenvalue weighted by Gasteiger charge is -2.32. The molecule has 2 atom stereocenters. The predicted octanol–water partition coefficient (Wildman–Crippen LogP) is 3.24. The Balaban J connectivity index is 1.65. The Morgan fingerprint density at radius 1 is 0.792 bits per heavy atom. The van der Waals surface area contributed by atoms with E-state index in [0.717, 1.165) is 24.0 Å². The van der Waals surface area contributed by atoms with Crippen LogP contribution in [-0.4, -0.2) is 30.6 Å². The van der Waals surface area contributed by atoms with Crippen LogP contribution in [0.25, 0.3) is 11.1 Å². The van der Waals surface area contributed by atoms with Crippen LogP contribution in [-0.2, 0) is 14.8 Å². The Labute approximate surface area is 142 Å². The van der Waals surface area contributed by atoms with Gasteiger partial charge in [-0.15, -0.1) is 0 Å². The van der Waals surface area contributed by atoms with Gasteiger partial charge in [0.05, 0.1) is 4.90 Å². The van der Waals surface area contributed by atoms with E-state index >= 15 is 0 Å². The van der Waals surface area contributed by atoms with Crippen LogP contribution in [0.5, 0.6) is 0 Å². The van der Waals surface area contributed by atoms with Gasteiger partial charge in [0.25, 0.3) is 0 Å². The third-order valence-electron chi connectivity index (χ3n) is 5.02. The van der Waals surface area contributed by atoms with Crippen LogP contribution in [0.4, 0.5) is 0 Å². The lowest BCUT2D eigenvalue weighted by molar-refractivity contribution is -0.122. The fourth-order valence-corrected chi connectivity index (χ4v) is 5.76. The van der Waals surface area contributed by atoms with Gasteiger partial charge in [0.1, 0.15) is 5.78 Å². The average Bonchev–Trinajstić information content (AvgIpc) is 2.89. The second kappa shape index (κ2) is 5.83. The normalized spacial score (nSPS) is 24.2. The topological polar surface area (TPSA) is 54.5 Å². The molecule has 0 aliphatic carbocycles. The highest BCUT2D eigenvalue weighted by Crippen LogP contribution is 2.38. The summed E-state index contributed by atoms with van der Waals surface area (Å²) in [7, 11) is -3.54. The van der Waals surface area contributed by atoms with Crippen LogP contribution in [0.2, 0.25) is 0 Å². The van der Waals surface area contributed by atoms with Crippen LogP contribution < -0.4 is 0 Å². The van der Waals surface area contributed by atoms with Gasteiger partial charge in [-0.25, -0.2) is 8.42 Å². The van der Waals surface area contributed by atoms with Gasteiger partial charge in [0, 0.05) is 24.9 Å². The molecular formula is C19H19NO3S. The lowest BCUT2D eigenvalue weighted by Crippen LogP contribution is -2.46. The number of fused-ring (bicyclic) bond motifs is 2. The number of benzene rings is 2. The van der Waals surface area contributed by atoms with E-state index in [2.05, 4.69) is 0 Å². The molecule has 0 aromatic heterocycles. The first-order chi connectivity index (χ1) is 11.6. The van der Waals surface area contributed by atoms with E-state index in [0.29, 0.717) is 17.7 Å². The third-order valence-corrected chi connectivity index (χ3v) is 7.04. The molecule has 2 fully saturated rings. The van der Waals surface area contributed by atoms with Crippen molar-refractivity contribution < 1.29 is 13.2 Å². The summed E-state index contributed by atoms with van der Waals surface area (Å²) in [5, 5.41) is 0. The molecule has 0 amide bonds. The summed E-state index contributed by atoms with van der Waals surface area (Å²) in [5.41, 5.74) is 2.05. The van der Waals surface area contributed by atoms with E-state index in [1.54, 1.807) is 16.4 Å². The quantitative estimate of drug-likeness (QED) is 0.861. The number of hydrogen-bond donors (Lipinski definition) is 0. The van der Waals surface area contributed by atoms with E-state index in [9.17, 15) is 13.2 Å². The molecule has 0 radical (unpaired) electrons. The maximum absolute atomic E-state index is 13.0. The SMILES string of the molecule is O=C1CC2CCC(C1)N2S(=O)(=O)c1ccc(-c2ccccc2)cc1. The number of ketones is 1. The Bertz CT molecular complexity index is 843. The fourth-order valence-electron chi connectivity index (χ4n) is 3.89. The Hall–Kier alpha value is -1.98. The highest BCUT2D eigenvalue weighted by Gasteiger charge is 2.46. The minimum Gasteiger partial charge on any atom is -0.300 e. The number of carbonyl (C=O) groups is 1. The third kappa shape index (κ3) is 2.58. The van der Waals surface area contributed by atoms with Crippen LogP contribution in [0.1, 0.15) is 25.7 Å². The smallest absolute Gasteiger partial charge is 0.243 e. The van der Waals surface area contributed by atoms with E-state index < -0.39 is 10.0 Å². The van der Waals surface area contributed by atoms with Gasteiger partial charge in [-0.3, -0.25) is 4.79 Å². The van der Waals surface area contributed by atoms with Crippen molar-refractivity contribution in [1.29, 1.82) is 0 Å². The summed E-state index contributed by atoms with van der Waals surface area (Å²) in [6, 6.07) is 16.6. The van der Waals surface area contributed by atoms with Gasteiger partial charge in [-0.05, 0) is 36.1 Å². The summed E-state index contributed by atoms with van der Waals surface area (Å²) < 4.78 is 27.6. The van der Waals surface area contributed by atoms with Gasteiger partial charge in [0.15, 0.2) is 0 Å². The van der Waals surface area contributed by atoms with Crippen molar-refractivity contribution in [1.82, 2.24) is 4.31 Å². The van der Waals surface area contributed by atoms with E-state index in [1.165, 1.54) is 0 Å². The molecule has 4 nitrogen and oxygen atoms in total. The molecule has 2 aromatic rings. The maximum atomic E-state index is 13.0. The molecule has 24 heavy (non-hydrogen) atoms. The highest BCUT2D eigenvalue weighted by atomic mass is 32.2. The summed E-state index contributed by atoms with van der Waals surface area (Å²) in [5.74, 6) is 0.188. The minimum absolute atomic E-state index is 0.157. The number of rotatable bonds is 3. The summed E-state index contributed by atoms with van der Waals surface area (Å²) in [4.78, 5) is 12.0. The molecule has 124 valence electrons. The molecular weight excluding hydrogens is 322 g/mol. The van der Waals surface area contributed by atoms with Gasteiger partial charge < -0.3 is 0 Å². The first kappa shape index (κ1) is 15.5. The van der Waals surface area contributed by atoms with Crippen LogP contribution in [0.15, 0.2) is 59.5 Å². The monoisotopic (exact) mass is 341 g/mol. The number of hydrogen-bond acceptors (Lipinski definition) is 3. The van der Waals surface area contributed by atoms with Crippen LogP contribution >= 0.6 is 0 Å². The number of piperidine rings is 1. The van der Waals surface area contributed by atoms with Crippen molar-refractivity contribution in [2.75, 3.05) is 0 Å². The van der Waals surface area contributed by atoms with Gasteiger partial charge >= 0.3 is 0 Å². The number of nitrogens with zero attached hydrogens (tertiary/aromatic N) is 1. The molecule has 2 aliphatic heterocycles. The lowest BCUT2D eigenvalue weighted by atomic mass is 10.0. The second-order valence-corrected chi connectivity index (χ2v) is 8.40. The molecule has 4 rings (SSSR count). The van der Waals surface area contributed by atoms with E-state index in [1.807, 2.05) is 42.5 Å². The zero-order valence-corrected chi connectivity index (χ0v) is 14.1. The first-order valence-corrected chi connectivity index (χ1v) is 9.70. The molecule has 5 heteroatoms. The van der Waals surface area contributed by atoms with Crippen molar-refractivity contribution in [2.45, 2.75) is 42.7 Å². The number of carbonyl (C=O) groups excluding carboxylic acids is 1. The van der Waals surface area contributed by atoms with Crippen molar-refractivity contribution in [3.05, 3.63) is 54.6 Å². The summed E-state index contributed by atoms with van der Waals surface area (Å²) in [6.45, 7) is 0. The molecule has 2 unspecified atom stereocenters. The Kier molecular flexibility index (Phi) is 3.77. The number of Topliss-reactive ketones (excluding diaryl/α,β-unsaturated/α-hetero) is 1. The number of sulfonamides is 1. The van der Waals surface area contributed by atoms with E-state index in [-0.39, 0.29) is 17.9 Å². The van der Waals surface area contributed by atoms with Crippen molar-refractivity contribution in [3.8, 4) is 11.1 Å². The van der Waals surface area contributed by atoms with Crippen LogP contribution in [0.3, 0.4) is 0 Å². The van der Waals surface area contributed by atoms with Gasteiger partial charge in [0.2, 0.25) is 10.0 Å². The largest absolute Gasteiger partial charge is 0.300 e. The Morgan fingerprint density at radius 3 is 1.92 bits per heavy atom. The molecule has 2 aliphatic rings. The molecule has 0 saturated carbocycles. The van der Waals surface area contributed by atoms with Gasteiger partial charge in [-0.1, -0.05) is 42.5 Å². The second-order valence-electron chi connectivity index (χ2n) is 6.56. The minimum atomic E-state index is -3.54. The van der Waals surface area contributed by atoms with Crippen molar-refractivity contribution in [3.63, 3.8) is 0 Å². The predicted molar refractivity (Wildman–Crippen MR) is 92.0 cm³/mol. The summed E-state index contributed by atoms with van der Waals surface area (Å²) in [6.07, 6.45) is 2.30. The molecule has 0 spiro atoms. The molecule has 0 N–H and O–H groups in total. The van der Waals surface area contributed by atoms with Crippen LogP contribution in [0, 0.1) is 0 Å². The standard InChI is InChI=1S/C19H19NO3S/c21-18-12-16-8-9-17(13-18)20(16)24(22,23)19-10-6-15(7-11-19)14-4-2-1-3-5-14/h1-7,10-11,16-17H,8-9,12-13H2. The fraction of sp³-hybridized carbons (Fsp3) is 0.316. The average molecular weight is 341 g/mol. The highest BCUT2D eigenvalue weighted by molar-refractivity contribution is 7.89. The maximum Gasteiger partial charge on any atom is 0.243 e. The Morgan fingerprint density at radius 2 is 1.33 bits per heavy atom. The molecule has 2 bridgehead atoms. The molecule has 2 aromatic carbocycles. The molecule has 2 heterocycles. The van der Waals surface area contributed by atoms with Crippen molar-refractivity contribution >= 4 is 15.8 Å². The zero-order valence-electron chi connectivity index (χ0n) is 13.3. The molecule has 2 saturated heterocycles. The van der Waals surface area contributed by atoms with Crippen molar-refractivity contribution in [2.24, 2.45) is 0 Å². The zero-order chi connectivity index (χ0) is 16.7. The van der Waals surface area contributed by atoms with E-state index in [4.69, 9.17) is 0 Å². The van der Waals surface area contributed by atoms with Gasteiger partial charge in [-0.2, -0.15) is 4.31 Å². The first-order valence-electron chi connectivity index (χ1n) is 8.26.